The molecule has 0 bridgehead atoms. The van der Waals surface area contributed by atoms with E-state index in [0.29, 0.717) is 6.04 Å². The fourth-order valence-electron chi connectivity index (χ4n) is 1.80. The van der Waals surface area contributed by atoms with Crippen molar-refractivity contribution in [3.8, 4) is 0 Å². The summed E-state index contributed by atoms with van der Waals surface area (Å²) in [6.45, 7) is 2.24. The summed E-state index contributed by atoms with van der Waals surface area (Å²) < 4.78 is 1.16. The molecule has 14 heavy (non-hydrogen) atoms. The van der Waals surface area contributed by atoms with Crippen molar-refractivity contribution < 1.29 is 0 Å². The maximum atomic E-state index is 3.64. The van der Waals surface area contributed by atoms with Crippen LogP contribution in [0.25, 0.3) is 0 Å². The van der Waals surface area contributed by atoms with E-state index >= 15 is 0 Å². The maximum absolute atomic E-state index is 3.64. The predicted octanol–water partition coefficient (Wildman–Crippen LogP) is 3.65. The molecule has 1 unspecified atom stereocenters. The highest BCUT2D eigenvalue weighted by atomic mass is 79.9. The summed E-state index contributed by atoms with van der Waals surface area (Å²) in [6.07, 6.45) is 4.08. The Morgan fingerprint density at radius 3 is 2.79 bits per heavy atom. The number of halogens is 1. The highest BCUT2D eigenvalue weighted by Crippen LogP contribution is 2.23. The van der Waals surface area contributed by atoms with Gasteiger partial charge < -0.3 is 5.32 Å². The summed E-state index contributed by atoms with van der Waals surface area (Å²) in [4.78, 5) is 0. The van der Waals surface area contributed by atoms with Gasteiger partial charge in [-0.05, 0) is 37.5 Å². The van der Waals surface area contributed by atoms with Crippen molar-refractivity contribution in [2.24, 2.45) is 0 Å². The minimum atomic E-state index is 0.470. The van der Waals surface area contributed by atoms with Gasteiger partial charge in [-0.2, -0.15) is 0 Å². The zero-order chi connectivity index (χ0) is 9.97. The van der Waals surface area contributed by atoms with Gasteiger partial charge in [-0.25, -0.2) is 0 Å². The number of benzene rings is 1. The van der Waals surface area contributed by atoms with Gasteiger partial charge in [0.25, 0.3) is 0 Å². The van der Waals surface area contributed by atoms with Gasteiger partial charge in [0.2, 0.25) is 0 Å². The zero-order valence-electron chi connectivity index (χ0n) is 8.46. The average molecular weight is 254 g/mol. The molecule has 0 saturated heterocycles. The van der Waals surface area contributed by atoms with Gasteiger partial charge in [0.05, 0.1) is 0 Å². The Balaban J connectivity index is 1.98. The molecule has 1 saturated carbocycles. The van der Waals surface area contributed by atoms with Gasteiger partial charge in [-0.15, -0.1) is 0 Å². The summed E-state index contributed by atoms with van der Waals surface area (Å²) in [5.74, 6) is 0. The van der Waals surface area contributed by atoms with Gasteiger partial charge in [0.15, 0.2) is 0 Å². The second kappa shape index (κ2) is 4.45. The Hall–Kier alpha value is -0.340. The lowest BCUT2D eigenvalue weighted by Crippen LogP contribution is -2.36. The highest BCUT2D eigenvalue weighted by Gasteiger charge is 2.19. The van der Waals surface area contributed by atoms with E-state index in [1.807, 2.05) is 0 Å². The minimum absolute atomic E-state index is 0.470. The lowest BCUT2D eigenvalue weighted by atomic mass is 9.92. The first-order valence-corrected chi connectivity index (χ1v) is 6.06. The predicted molar refractivity (Wildman–Crippen MR) is 63.3 cm³/mol. The molecule has 0 heterocycles. The van der Waals surface area contributed by atoms with Crippen molar-refractivity contribution in [1.82, 2.24) is 5.32 Å². The Morgan fingerprint density at radius 2 is 2.21 bits per heavy atom. The maximum Gasteiger partial charge on any atom is 0.0294 e. The summed E-state index contributed by atoms with van der Waals surface area (Å²) in [5.41, 5.74) is 1.37. The molecule has 0 spiro atoms. The fraction of sp³-hybridized carbons (Fsp3) is 0.500. The Labute approximate surface area is 94.0 Å². The van der Waals surface area contributed by atoms with Crippen molar-refractivity contribution in [3.05, 3.63) is 34.3 Å². The molecule has 1 aromatic rings. The summed E-state index contributed by atoms with van der Waals surface area (Å²) in [6, 6.07) is 9.76. The van der Waals surface area contributed by atoms with Gasteiger partial charge in [-0.3, -0.25) is 0 Å². The third kappa shape index (κ3) is 2.37. The number of hydrogen-bond acceptors (Lipinski definition) is 1. The molecule has 2 rings (SSSR count). The molecule has 1 fully saturated rings. The van der Waals surface area contributed by atoms with Crippen molar-refractivity contribution >= 4 is 15.9 Å². The third-order valence-electron chi connectivity index (χ3n) is 2.94. The highest BCUT2D eigenvalue weighted by molar-refractivity contribution is 9.10. The third-order valence-corrected chi connectivity index (χ3v) is 3.43. The molecule has 1 aliphatic carbocycles. The molecule has 0 aliphatic heterocycles. The first kappa shape index (κ1) is 10.2. The minimum Gasteiger partial charge on any atom is -0.307 e. The first-order valence-electron chi connectivity index (χ1n) is 5.27. The monoisotopic (exact) mass is 253 g/mol. The van der Waals surface area contributed by atoms with E-state index in [2.05, 4.69) is 52.4 Å². The van der Waals surface area contributed by atoms with Crippen LogP contribution in [0, 0.1) is 0 Å². The summed E-state index contributed by atoms with van der Waals surface area (Å²) in [5, 5.41) is 3.64. The van der Waals surface area contributed by atoms with Crippen molar-refractivity contribution in [3.63, 3.8) is 0 Å². The van der Waals surface area contributed by atoms with E-state index in [0.717, 1.165) is 10.5 Å². The van der Waals surface area contributed by atoms with Gasteiger partial charge in [0, 0.05) is 16.6 Å². The van der Waals surface area contributed by atoms with Crippen molar-refractivity contribution in [2.45, 2.75) is 38.3 Å². The summed E-state index contributed by atoms with van der Waals surface area (Å²) in [7, 11) is 0. The van der Waals surface area contributed by atoms with Crippen LogP contribution in [0.5, 0.6) is 0 Å². The standard InChI is InChI=1S/C12H16BrN/c1-9(14-12-6-3-7-12)10-4-2-5-11(13)8-10/h2,4-5,8-9,12,14H,3,6-7H2,1H3. The van der Waals surface area contributed by atoms with Crippen molar-refractivity contribution in [2.75, 3.05) is 0 Å². The molecule has 1 N–H and O–H groups in total. The molecule has 1 atom stereocenters. The van der Waals surface area contributed by atoms with Gasteiger partial charge in [-0.1, -0.05) is 34.5 Å². The second-order valence-electron chi connectivity index (χ2n) is 4.07. The lowest BCUT2D eigenvalue weighted by Gasteiger charge is -2.30. The van der Waals surface area contributed by atoms with Crippen LogP contribution in [-0.4, -0.2) is 6.04 Å². The first-order chi connectivity index (χ1) is 6.75. The molecule has 0 amide bonds. The number of nitrogens with one attached hydrogen (secondary N) is 1. The van der Waals surface area contributed by atoms with Gasteiger partial charge >= 0.3 is 0 Å². The molecule has 0 radical (unpaired) electrons. The molecule has 76 valence electrons. The van der Waals surface area contributed by atoms with Crippen LogP contribution in [0.2, 0.25) is 0 Å². The molecular formula is C12H16BrN. The summed E-state index contributed by atoms with van der Waals surface area (Å²) >= 11 is 3.50. The quantitative estimate of drug-likeness (QED) is 0.868. The SMILES string of the molecule is CC(NC1CCC1)c1cccc(Br)c1. The van der Waals surface area contributed by atoms with Gasteiger partial charge in [0.1, 0.15) is 0 Å². The fourth-order valence-corrected chi connectivity index (χ4v) is 2.22. The molecule has 1 aromatic carbocycles. The van der Waals surface area contributed by atoms with Crippen molar-refractivity contribution in [1.29, 1.82) is 0 Å². The molecule has 1 aliphatic rings. The van der Waals surface area contributed by atoms with E-state index in [4.69, 9.17) is 0 Å². The largest absolute Gasteiger partial charge is 0.307 e. The Kier molecular flexibility index (Phi) is 3.24. The van der Waals surface area contributed by atoms with E-state index < -0.39 is 0 Å². The Bertz CT molecular complexity index is 307. The van der Waals surface area contributed by atoms with Crippen LogP contribution in [-0.2, 0) is 0 Å². The van der Waals surface area contributed by atoms with E-state index in [1.54, 1.807) is 0 Å². The van der Waals surface area contributed by atoms with Crippen LogP contribution < -0.4 is 5.32 Å². The van der Waals surface area contributed by atoms with E-state index in [1.165, 1.54) is 24.8 Å². The zero-order valence-corrected chi connectivity index (χ0v) is 10.0. The van der Waals surface area contributed by atoms with Crippen LogP contribution in [0.3, 0.4) is 0 Å². The molecule has 1 nitrogen and oxygen atoms in total. The lowest BCUT2D eigenvalue weighted by molar-refractivity contribution is 0.313. The van der Waals surface area contributed by atoms with Crippen LogP contribution in [0.4, 0.5) is 0 Å². The number of hydrogen-bond donors (Lipinski definition) is 1. The molecule has 0 aromatic heterocycles. The molecular weight excluding hydrogens is 238 g/mol. The Morgan fingerprint density at radius 1 is 1.43 bits per heavy atom. The average Bonchev–Trinajstić information content (AvgIpc) is 2.11. The van der Waals surface area contributed by atoms with Crippen LogP contribution >= 0.6 is 15.9 Å². The van der Waals surface area contributed by atoms with E-state index in [9.17, 15) is 0 Å². The van der Waals surface area contributed by atoms with Crippen LogP contribution in [0.1, 0.15) is 37.8 Å². The van der Waals surface area contributed by atoms with E-state index in [-0.39, 0.29) is 0 Å². The van der Waals surface area contributed by atoms with Crippen LogP contribution in [0.15, 0.2) is 28.7 Å². The second-order valence-corrected chi connectivity index (χ2v) is 4.99. The molecule has 2 heteroatoms. The topological polar surface area (TPSA) is 12.0 Å². The smallest absolute Gasteiger partial charge is 0.0294 e. The number of rotatable bonds is 3. The normalized spacial score (nSPS) is 19.0.